The second-order valence-electron chi connectivity index (χ2n) is 10.4. The van der Waals surface area contributed by atoms with Crippen LogP contribution in [0.25, 0.3) is 0 Å². The number of rotatable bonds is 7. The number of carbonyl (C=O) groups excluding carboxylic acids is 1. The van der Waals surface area contributed by atoms with E-state index in [0.29, 0.717) is 47.3 Å². The lowest BCUT2D eigenvalue weighted by molar-refractivity contribution is -0.118. The molecular weight excluding hydrogens is 489 g/mol. The third kappa shape index (κ3) is 5.34. The molecule has 5 rings (SSSR count). The van der Waals surface area contributed by atoms with Gasteiger partial charge >= 0.3 is 0 Å². The molecule has 1 aliphatic carbocycles. The molecule has 37 heavy (non-hydrogen) atoms. The number of benzene rings is 2. The molecular formula is C29H30FN3O3S. The van der Waals surface area contributed by atoms with Crippen molar-refractivity contribution in [1.82, 2.24) is 9.97 Å². The Morgan fingerprint density at radius 1 is 1.08 bits per heavy atom. The molecule has 192 valence electrons. The van der Waals surface area contributed by atoms with Gasteiger partial charge in [0.25, 0.3) is 5.56 Å². The summed E-state index contributed by atoms with van der Waals surface area (Å²) in [5, 5.41) is 3.82. The fourth-order valence-corrected chi connectivity index (χ4v) is 5.82. The van der Waals surface area contributed by atoms with Crippen LogP contribution in [0.3, 0.4) is 0 Å². The smallest absolute Gasteiger partial charge is 0.257 e. The van der Waals surface area contributed by atoms with Gasteiger partial charge in [0, 0.05) is 29.4 Å². The van der Waals surface area contributed by atoms with Crippen LogP contribution in [0.1, 0.15) is 62.6 Å². The van der Waals surface area contributed by atoms with Crippen molar-refractivity contribution >= 4 is 23.4 Å². The fraction of sp³-hybridized carbons (Fsp3) is 0.345. The molecule has 0 amide bonds. The largest absolute Gasteiger partial charge is 0.494 e. The first-order valence-electron chi connectivity index (χ1n) is 12.5. The number of allylic oxidation sites excluding steroid dienone is 2. The van der Waals surface area contributed by atoms with E-state index in [2.05, 4.69) is 31.1 Å². The zero-order chi connectivity index (χ0) is 26.2. The number of halogens is 1. The van der Waals surface area contributed by atoms with Gasteiger partial charge in [-0.25, -0.2) is 9.37 Å². The number of hydrogen-bond donors (Lipinski definition) is 2. The number of H-pyrrole nitrogens is 1. The summed E-state index contributed by atoms with van der Waals surface area (Å²) in [6, 6.07) is 13.9. The van der Waals surface area contributed by atoms with Crippen LogP contribution in [0.2, 0.25) is 0 Å². The predicted octanol–water partition coefficient (Wildman–Crippen LogP) is 6.19. The average molecular weight is 520 g/mol. The zero-order valence-corrected chi connectivity index (χ0v) is 22.0. The predicted molar refractivity (Wildman–Crippen MR) is 144 cm³/mol. The van der Waals surface area contributed by atoms with E-state index in [1.807, 2.05) is 24.3 Å². The lowest BCUT2D eigenvalue weighted by Gasteiger charge is -2.38. The normalized spacial score (nSPS) is 18.2. The lowest BCUT2D eigenvalue weighted by atomic mass is 9.69. The van der Waals surface area contributed by atoms with Gasteiger partial charge in [0.2, 0.25) is 0 Å². The minimum atomic E-state index is -0.512. The van der Waals surface area contributed by atoms with E-state index in [9.17, 15) is 14.0 Å². The molecule has 2 heterocycles. The molecule has 2 aromatic carbocycles. The van der Waals surface area contributed by atoms with Gasteiger partial charge in [0.05, 0.1) is 12.2 Å². The van der Waals surface area contributed by atoms with Crippen molar-refractivity contribution in [3.05, 3.63) is 92.7 Å². The number of aromatic nitrogens is 2. The van der Waals surface area contributed by atoms with Gasteiger partial charge in [0.15, 0.2) is 10.9 Å². The number of nitrogens with zero attached hydrogens (tertiary/aromatic N) is 1. The average Bonchev–Trinajstić information content (AvgIpc) is 2.85. The Morgan fingerprint density at radius 3 is 2.51 bits per heavy atom. The van der Waals surface area contributed by atoms with Crippen molar-refractivity contribution in [2.75, 3.05) is 11.9 Å². The maximum Gasteiger partial charge on any atom is 0.257 e. The number of nitrogens with one attached hydrogen (secondary N) is 2. The van der Waals surface area contributed by atoms with E-state index in [1.165, 1.54) is 23.9 Å². The van der Waals surface area contributed by atoms with Crippen LogP contribution in [0.4, 0.5) is 10.2 Å². The van der Waals surface area contributed by atoms with Crippen molar-refractivity contribution in [3.63, 3.8) is 0 Å². The molecule has 1 unspecified atom stereocenters. The first-order valence-corrected chi connectivity index (χ1v) is 13.5. The second-order valence-corrected chi connectivity index (χ2v) is 11.3. The molecule has 1 atom stereocenters. The SMILES string of the molecule is CCCOc1ccc(C2C3=C(CC(C)(C)CC3=O)Nc3nc(SCc4ccc(F)cc4)[nH]c(=O)c32)cc1. The highest BCUT2D eigenvalue weighted by Crippen LogP contribution is 2.47. The van der Waals surface area contributed by atoms with Crippen molar-refractivity contribution in [2.24, 2.45) is 5.41 Å². The molecule has 8 heteroatoms. The Balaban J connectivity index is 1.53. The highest BCUT2D eigenvalue weighted by molar-refractivity contribution is 7.98. The molecule has 1 aliphatic heterocycles. The summed E-state index contributed by atoms with van der Waals surface area (Å²) in [4.78, 5) is 34.6. The maximum absolute atomic E-state index is 13.5. The van der Waals surface area contributed by atoms with E-state index in [-0.39, 0.29) is 22.6 Å². The van der Waals surface area contributed by atoms with Crippen LogP contribution in [-0.2, 0) is 10.5 Å². The fourth-order valence-electron chi connectivity index (χ4n) is 5.00. The van der Waals surface area contributed by atoms with Crippen LogP contribution in [0.5, 0.6) is 5.75 Å². The molecule has 0 saturated carbocycles. The first-order chi connectivity index (χ1) is 17.7. The minimum Gasteiger partial charge on any atom is -0.494 e. The minimum absolute atomic E-state index is 0.0508. The van der Waals surface area contributed by atoms with Gasteiger partial charge in [-0.05, 0) is 53.6 Å². The van der Waals surface area contributed by atoms with E-state index >= 15 is 0 Å². The zero-order valence-electron chi connectivity index (χ0n) is 21.2. The Morgan fingerprint density at radius 2 is 1.81 bits per heavy atom. The summed E-state index contributed by atoms with van der Waals surface area (Å²) in [6.07, 6.45) is 2.02. The number of ether oxygens (including phenoxy) is 1. The number of hydrogen-bond acceptors (Lipinski definition) is 6. The summed E-state index contributed by atoms with van der Waals surface area (Å²) in [6.45, 7) is 6.84. The van der Waals surface area contributed by atoms with E-state index in [0.717, 1.165) is 29.0 Å². The van der Waals surface area contributed by atoms with Gasteiger partial charge in [-0.15, -0.1) is 0 Å². The van der Waals surface area contributed by atoms with Crippen LogP contribution < -0.4 is 15.6 Å². The second kappa shape index (κ2) is 10.2. The Kier molecular flexibility index (Phi) is 6.94. The molecule has 6 nitrogen and oxygen atoms in total. The van der Waals surface area contributed by atoms with Crippen molar-refractivity contribution in [2.45, 2.75) is 56.9 Å². The first kappa shape index (κ1) is 25.3. The molecule has 3 aromatic rings. The highest BCUT2D eigenvalue weighted by atomic mass is 32.2. The molecule has 2 aliphatic rings. The number of ketones is 1. The molecule has 0 radical (unpaired) electrons. The van der Waals surface area contributed by atoms with Crippen LogP contribution in [-0.4, -0.2) is 22.4 Å². The number of Topliss-reactive ketones (excluding diaryl/α,β-unsaturated/α-hetero) is 1. The van der Waals surface area contributed by atoms with Crippen LogP contribution in [0, 0.1) is 11.2 Å². The van der Waals surface area contributed by atoms with Crippen molar-refractivity contribution in [3.8, 4) is 5.75 Å². The third-order valence-electron chi connectivity index (χ3n) is 6.68. The third-order valence-corrected chi connectivity index (χ3v) is 7.62. The summed E-state index contributed by atoms with van der Waals surface area (Å²) >= 11 is 1.37. The van der Waals surface area contributed by atoms with Gasteiger partial charge < -0.3 is 15.0 Å². The maximum atomic E-state index is 13.5. The standard InChI is InChI=1S/C29H30FN3O3S/c1-4-13-36-20-11-7-18(8-12-20)23-24-21(14-29(2,3)15-22(24)34)31-26-25(23)27(35)33-28(32-26)37-16-17-5-9-19(30)10-6-17/h5-12,23H,4,13-16H2,1-3H3,(H2,31,32,33,35). The molecule has 0 saturated heterocycles. The number of fused-ring (bicyclic) bond motifs is 1. The molecule has 0 bridgehead atoms. The molecule has 0 fully saturated rings. The lowest BCUT2D eigenvalue weighted by Crippen LogP contribution is -2.37. The Labute approximate surface area is 219 Å². The number of anilines is 1. The molecule has 2 N–H and O–H groups in total. The van der Waals surface area contributed by atoms with Crippen molar-refractivity contribution in [1.29, 1.82) is 0 Å². The van der Waals surface area contributed by atoms with Gasteiger partial charge in [-0.2, -0.15) is 0 Å². The quantitative estimate of drug-likeness (QED) is 0.286. The number of aromatic amines is 1. The number of thioether (sulfide) groups is 1. The van der Waals surface area contributed by atoms with Gasteiger partial charge in [-0.1, -0.05) is 56.8 Å². The van der Waals surface area contributed by atoms with E-state index < -0.39 is 5.92 Å². The monoisotopic (exact) mass is 519 g/mol. The summed E-state index contributed by atoms with van der Waals surface area (Å²) in [5.74, 6) is 1.01. The summed E-state index contributed by atoms with van der Waals surface area (Å²) < 4.78 is 19.0. The van der Waals surface area contributed by atoms with Gasteiger partial charge in [-0.3, -0.25) is 9.59 Å². The molecule has 1 aromatic heterocycles. The molecule has 0 spiro atoms. The Bertz CT molecular complexity index is 1410. The number of carbonyl (C=O) groups is 1. The van der Waals surface area contributed by atoms with Crippen LogP contribution >= 0.6 is 11.8 Å². The van der Waals surface area contributed by atoms with Crippen LogP contribution in [0.15, 0.2) is 69.8 Å². The summed E-state index contributed by atoms with van der Waals surface area (Å²) in [5.41, 5.74) is 3.23. The van der Waals surface area contributed by atoms with Gasteiger partial charge in [0.1, 0.15) is 17.4 Å². The van der Waals surface area contributed by atoms with E-state index in [1.54, 1.807) is 12.1 Å². The topological polar surface area (TPSA) is 84.1 Å². The summed E-state index contributed by atoms with van der Waals surface area (Å²) in [7, 11) is 0. The van der Waals surface area contributed by atoms with Crippen molar-refractivity contribution < 1.29 is 13.9 Å². The van der Waals surface area contributed by atoms with E-state index in [4.69, 9.17) is 9.72 Å². The highest BCUT2D eigenvalue weighted by Gasteiger charge is 2.42. The Hall–Kier alpha value is -3.39.